The summed E-state index contributed by atoms with van der Waals surface area (Å²) in [6.07, 6.45) is 4.40. The van der Waals surface area contributed by atoms with Gasteiger partial charge >= 0.3 is 0 Å². The Morgan fingerprint density at radius 2 is 1.06 bits per heavy atom. The van der Waals surface area contributed by atoms with Gasteiger partial charge in [-0.15, -0.1) is 0 Å². The smallest absolute Gasteiger partial charge is 0.144 e. The molecule has 4 aromatic rings. The largest absolute Gasteiger partial charge is 0.369 e. The van der Waals surface area contributed by atoms with Crippen LogP contribution in [-0.4, -0.2) is 12.7 Å². The van der Waals surface area contributed by atoms with E-state index in [4.69, 9.17) is 9.47 Å². The van der Waals surface area contributed by atoms with E-state index in [2.05, 4.69) is 121 Å². The number of hydrogen-bond donors (Lipinski definition) is 0. The van der Waals surface area contributed by atoms with Gasteiger partial charge in [-0.1, -0.05) is 127 Å². The Hall–Kier alpha value is -3.46. The summed E-state index contributed by atoms with van der Waals surface area (Å²) in [4.78, 5) is 0. The van der Waals surface area contributed by atoms with Crippen LogP contribution in [0.4, 0.5) is 0 Å². The molecule has 5 rings (SSSR count). The van der Waals surface area contributed by atoms with Gasteiger partial charge in [0.25, 0.3) is 0 Å². The van der Waals surface area contributed by atoms with Gasteiger partial charge < -0.3 is 9.47 Å². The Morgan fingerprint density at radius 1 is 0.588 bits per heavy atom. The van der Waals surface area contributed by atoms with Crippen LogP contribution in [0, 0.1) is 0 Å². The van der Waals surface area contributed by atoms with Crippen LogP contribution in [0.2, 0.25) is 0 Å². The van der Waals surface area contributed by atoms with E-state index in [-0.39, 0.29) is 6.10 Å². The van der Waals surface area contributed by atoms with Crippen molar-refractivity contribution in [1.82, 2.24) is 0 Å². The molecule has 1 aliphatic rings. The molecule has 0 aliphatic heterocycles. The number of rotatable bonds is 9. The molecule has 0 heterocycles. The molecule has 0 spiro atoms. The zero-order chi connectivity index (χ0) is 23.1. The predicted molar refractivity (Wildman–Crippen MR) is 137 cm³/mol. The first kappa shape index (κ1) is 22.3. The van der Waals surface area contributed by atoms with E-state index >= 15 is 0 Å². The summed E-state index contributed by atoms with van der Waals surface area (Å²) in [6, 6.07) is 42.0. The van der Waals surface area contributed by atoms with Crippen molar-refractivity contribution in [1.29, 1.82) is 0 Å². The standard InChI is InChI=1S/C32H30O2/c1-5-14-26(15-6-1)24-33-31-23-13-16-27(31)25-34-32(28-17-7-2-8-18-28,29-19-9-3-10-20-29)30-21-11-4-12-22-30/h1-12,14-22,31H,13,23-25H2/t31-/m0/s1. The fraction of sp³-hybridized carbons (Fsp3) is 0.188. The maximum Gasteiger partial charge on any atom is 0.144 e. The van der Waals surface area contributed by atoms with E-state index in [1.54, 1.807) is 0 Å². The third-order valence-corrected chi connectivity index (χ3v) is 6.54. The summed E-state index contributed by atoms with van der Waals surface area (Å²) in [7, 11) is 0. The monoisotopic (exact) mass is 446 g/mol. The average Bonchev–Trinajstić information content (AvgIpc) is 3.38. The first-order valence-corrected chi connectivity index (χ1v) is 12.0. The summed E-state index contributed by atoms with van der Waals surface area (Å²) in [5, 5.41) is 0. The van der Waals surface area contributed by atoms with Crippen LogP contribution in [0.3, 0.4) is 0 Å². The topological polar surface area (TPSA) is 18.5 Å². The van der Waals surface area contributed by atoms with Crippen molar-refractivity contribution in [2.75, 3.05) is 6.61 Å². The van der Waals surface area contributed by atoms with E-state index in [0.717, 1.165) is 29.5 Å². The van der Waals surface area contributed by atoms with E-state index in [1.807, 2.05) is 6.07 Å². The van der Waals surface area contributed by atoms with E-state index in [0.29, 0.717) is 13.2 Å². The number of benzene rings is 4. The van der Waals surface area contributed by atoms with Crippen LogP contribution in [0.5, 0.6) is 0 Å². The molecule has 2 heteroatoms. The highest BCUT2D eigenvalue weighted by molar-refractivity contribution is 5.47. The van der Waals surface area contributed by atoms with Gasteiger partial charge in [-0.25, -0.2) is 0 Å². The molecular weight excluding hydrogens is 416 g/mol. The molecule has 1 aliphatic carbocycles. The predicted octanol–water partition coefficient (Wildman–Crippen LogP) is 7.30. The minimum atomic E-state index is -0.711. The lowest BCUT2D eigenvalue weighted by Crippen LogP contribution is -2.34. The normalized spacial score (nSPS) is 15.8. The van der Waals surface area contributed by atoms with Gasteiger partial charge in [-0.2, -0.15) is 0 Å². The van der Waals surface area contributed by atoms with Crippen molar-refractivity contribution in [2.45, 2.75) is 31.2 Å². The van der Waals surface area contributed by atoms with E-state index < -0.39 is 5.60 Å². The van der Waals surface area contributed by atoms with Crippen LogP contribution in [0.15, 0.2) is 133 Å². The zero-order valence-electron chi connectivity index (χ0n) is 19.3. The first-order chi connectivity index (χ1) is 16.9. The maximum absolute atomic E-state index is 7.01. The molecule has 4 aromatic carbocycles. The second kappa shape index (κ2) is 10.6. The third-order valence-electron chi connectivity index (χ3n) is 6.54. The van der Waals surface area contributed by atoms with Crippen LogP contribution < -0.4 is 0 Å². The van der Waals surface area contributed by atoms with Crippen molar-refractivity contribution in [2.24, 2.45) is 0 Å². The highest BCUT2D eigenvalue weighted by Gasteiger charge is 2.38. The summed E-state index contributed by atoms with van der Waals surface area (Å²) >= 11 is 0. The first-order valence-electron chi connectivity index (χ1n) is 12.0. The summed E-state index contributed by atoms with van der Waals surface area (Å²) in [6.45, 7) is 1.13. The minimum absolute atomic E-state index is 0.0835. The summed E-state index contributed by atoms with van der Waals surface area (Å²) in [5.74, 6) is 0. The molecule has 0 fully saturated rings. The van der Waals surface area contributed by atoms with E-state index in [9.17, 15) is 0 Å². The summed E-state index contributed by atoms with van der Waals surface area (Å²) < 4.78 is 13.3. The molecule has 2 nitrogen and oxygen atoms in total. The van der Waals surface area contributed by atoms with Crippen LogP contribution in [0.25, 0.3) is 0 Å². The van der Waals surface area contributed by atoms with Crippen molar-refractivity contribution < 1.29 is 9.47 Å². The number of allylic oxidation sites excluding steroid dienone is 1. The Balaban J connectivity index is 1.46. The van der Waals surface area contributed by atoms with Crippen molar-refractivity contribution in [3.05, 3.63) is 155 Å². The number of ether oxygens (including phenoxy) is 2. The molecule has 0 saturated carbocycles. The Morgan fingerprint density at radius 3 is 1.56 bits per heavy atom. The second-order valence-corrected chi connectivity index (χ2v) is 8.71. The van der Waals surface area contributed by atoms with Gasteiger partial charge in [-0.3, -0.25) is 0 Å². The maximum atomic E-state index is 7.01. The lowest BCUT2D eigenvalue weighted by Gasteiger charge is -2.36. The second-order valence-electron chi connectivity index (χ2n) is 8.71. The SMILES string of the molecule is C1=C(COC(c2ccccc2)(c2ccccc2)c2ccccc2)[C@@H](OCc2ccccc2)CC1. The van der Waals surface area contributed by atoms with Gasteiger partial charge in [0.1, 0.15) is 5.60 Å². The average molecular weight is 447 g/mol. The molecule has 0 unspecified atom stereocenters. The van der Waals surface area contributed by atoms with Gasteiger partial charge in [0, 0.05) is 0 Å². The molecule has 34 heavy (non-hydrogen) atoms. The lowest BCUT2D eigenvalue weighted by atomic mass is 9.80. The molecule has 0 N–H and O–H groups in total. The molecule has 0 radical (unpaired) electrons. The van der Waals surface area contributed by atoms with Gasteiger partial charge in [0.15, 0.2) is 0 Å². The molecule has 0 bridgehead atoms. The highest BCUT2D eigenvalue weighted by Crippen LogP contribution is 2.41. The van der Waals surface area contributed by atoms with Crippen molar-refractivity contribution in [3.63, 3.8) is 0 Å². The van der Waals surface area contributed by atoms with Crippen molar-refractivity contribution >= 4 is 0 Å². The summed E-state index contributed by atoms with van der Waals surface area (Å²) in [5.41, 5.74) is 5.07. The molecule has 0 saturated heterocycles. The quantitative estimate of drug-likeness (QED) is 0.198. The molecule has 0 amide bonds. The highest BCUT2D eigenvalue weighted by atomic mass is 16.5. The van der Waals surface area contributed by atoms with Crippen LogP contribution in [-0.2, 0) is 21.7 Å². The Labute approximate surface area is 202 Å². The van der Waals surface area contributed by atoms with Gasteiger partial charge in [0.05, 0.1) is 19.3 Å². The Bertz CT molecular complexity index is 1090. The van der Waals surface area contributed by atoms with Gasteiger partial charge in [-0.05, 0) is 40.7 Å². The van der Waals surface area contributed by atoms with Gasteiger partial charge in [0.2, 0.25) is 0 Å². The fourth-order valence-corrected chi connectivity index (χ4v) is 4.81. The fourth-order valence-electron chi connectivity index (χ4n) is 4.81. The molecular formula is C32H30O2. The van der Waals surface area contributed by atoms with Crippen LogP contribution in [0.1, 0.15) is 35.1 Å². The minimum Gasteiger partial charge on any atom is -0.369 e. The zero-order valence-corrected chi connectivity index (χ0v) is 19.3. The Kier molecular flexibility index (Phi) is 6.99. The number of hydrogen-bond acceptors (Lipinski definition) is 2. The lowest BCUT2D eigenvalue weighted by molar-refractivity contribution is 0.00638. The molecule has 0 aromatic heterocycles. The molecule has 170 valence electrons. The van der Waals surface area contributed by atoms with Crippen molar-refractivity contribution in [3.8, 4) is 0 Å². The van der Waals surface area contributed by atoms with Crippen LogP contribution >= 0.6 is 0 Å². The van der Waals surface area contributed by atoms with E-state index in [1.165, 1.54) is 11.1 Å². The third kappa shape index (κ3) is 4.75. The molecule has 1 atom stereocenters.